The average molecular weight is 320 g/mol. The minimum Gasteiger partial charge on any atom is -0.481 e. The van der Waals surface area contributed by atoms with Crippen LogP contribution in [-0.4, -0.2) is 11.1 Å². The van der Waals surface area contributed by atoms with Gasteiger partial charge in [0.05, 0.1) is 0 Å². The molecule has 1 aromatic carbocycles. The van der Waals surface area contributed by atoms with Gasteiger partial charge in [-0.2, -0.15) is 0 Å². The molecule has 3 aliphatic rings. The quantitative estimate of drug-likeness (QED) is 0.827. The Bertz CT molecular complexity index is 775. The molecule has 1 aromatic rings. The van der Waals surface area contributed by atoms with E-state index in [-0.39, 0.29) is 6.42 Å². The number of carbonyl (C=O) groups is 1. The molecule has 0 saturated carbocycles. The van der Waals surface area contributed by atoms with Gasteiger partial charge in [-0.15, -0.1) is 0 Å². The summed E-state index contributed by atoms with van der Waals surface area (Å²) in [6.07, 6.45) is 16.1. The number of hydrogen-bond donors (Lipinski definition) is 1. The first kappa shape index (κ1) is 16.5. The molecule has 0 amide bonds. The summed E-state index contributed by atoms with van der Waals surface area (Å²) in [7, 11) is 0. The van der Waals surface area contributed by atoms with E-state index in [9.17, 15) is 4.79 Å². The van der Waals surface area contributed by atoms with E-state index >= 15 is 0 Å². The highest BCUT2D eigenvalue weighted by Crippen LogP contribution is 2.46. The molecular formula is C22H24O2. The molecule has 0 radical (unpaired) electrons. The summed E-state index contributed by atoms with van der Waals surface area (Å²) in [5.41, 5.74) is 8.22. The van der Waals surface area contributed by atoms with Crippen molar-refractivity contribution in [2.24, 2.45) is 0 Å². The van der Waals surface area contributed by atoms with E-state index in [1.54, 1.807) is 0 Å². The molecule has 0 aliphatic heterocycles. The molecule has 24 heavy (non-hydrogen) atoms. The zero-order chi connectivity index (χ0) is 17.1. The van der Waals surface area contributed by atoms with Crippen LogP contribution in [0.4, 0.5) is 0 Å². The molecule has 0 spiro atoms. The van der Waals surface area contributed by atoms with Crippen LogP contribution in [0.25, 0.3) is 6.08 Å². The second kappa shape index (κ2) is 7.04. The summed E-state index contributed by atoms with van der Waals surface area (Å²) in [6, 6.07) is 4.53. The number of hydrogen-bond acceptors (Lipinski definition) is 1. The lowest BCUT2D eigenvalue weighted by Gasteiger charge is -2.33. The summed E-state index contributed by atoms with van der Waals surface area (Å²) in [5.74, 6) is -0.308. The third-order valence-electron chi connectivity index (χ3n) is 4.76. The van der Waals surface area contributed by atoms with Gasteiger partial charge in [-0.3, -0.25) is 4.79 Å². The Balaban J connectivity index is 0.000000815. The van der Waals surface area contributed by atoms with E-state index in [0.717, 1.165) is 12.8 Å². The lowest BCUT2D eigenvalue weighted by molar-refractivity contribution is -0.137. The molecule has 124 valence electrons. The van der Waals surface area contributed by atoms with Crippen LogP contribution in [0.1, 0.15) is 54.9 Å². The van der Waals surface area contributed by atoms with Crippen molar-refractivity contribution in [2.45, 2.75) is 45.4 Å². The normalized spacial score (nSPS) is 18.8. The third kappa shape index (κ3) is 3.01. The number of aliphatic carboxylic acids is 1. The van der Waals surface area contributed by atoms with Crippen LogP contribution in [0.3, 0.4) is 0 Å². The average Bonchev–Trinajstić information content (AvgIpc) is 2.61. The number of aryl methyl sites for hydroxylation is 1. The van der Waals surface area contributed by atoms with Gasteiger partial charge in [-0.1, -0.05) is 62.4 Å². The fourth-order valence-electron chi connectivity index (χ4n) is 3.79. The maximum atomic E-state index is 10.7. The van der Waals surface area contributed by atoms with Crippen LogP contribution < -0.4 is 0 Å². The van der Waals surface area contributed by atoms with E-state index < -0.39 is 5.97 Å². The van der Waals surface area contributed by atoms with Crippen molar-refractivity contribution in [1.29, 1.82) is 0 Å². The molecule has 0 heterocycles. The molecule has 2 nitrogen and oxygen atoms in total. The maximum absolute atomic E-state index is 10.7. The molecule has 1 N–H and O–H groups in total. The Hall–Kier alpha value is -2.35. The van der Waals surface area contributed by atoms with E-state index in [1.807, 2.05) is 13.8 Å². The highest BCUT2D eigenvalue weighted by atomic mass is 16.4. The van der Waals surface area contributed by atoms with Gasteiger partial charge >= 0.3 is 5.97 Å². The van der Waals surface area contributed by atoms with Crippen molar-refractivity contribution < 1.29 is 9.90 Å². The minimum atomic E-state index is -0.712. The SMILES string of the molecule is CC.O=C(O)CCCc1cc2c3c(c1)CC=C1C=CC=C(C=C2)C13. The second-order valence-electron chi connectivity index (χ2n) is 6.21. The van der Waals surface area contributed by atoms with Crippen LogP contribution in [0, 0.1) is 0 Å². The predicted octanol–water partition coefficient (Wildman–Crippen LogP) is 5.21. The third-order valence-corrected chi connectivity index (χ3v) is 4.76. The molecule has 0 bridgehead atoms. The van der Waals surface area contributed by atoms with Crippen molar-refractivity contribution in [3.8, 4) is 0 Å². The number of benzene rings is 1. The first-order chi connectivity index (χ1) is 11.7. The zero-order valence-electron chi connectivity index (χ0n) is 14.4. The molecule has 2 heteroatoms. The van der Waals surface area contributed by atoms with E-state index in [1.165, 1.54) is 33.4 Å². The summed E-state index contributed by atoms with van der Waals surface area (Å²) >= 11 is 0. The Morgan fingerprint density at radius 3 is 2.79 bits per heavy atom. The first-order valence-electron chi connectivity index (χ1n) is 8.86. The Labute approximate surface area is 143 Å². The van der Waals surface area contributed by atoms with Crippen LogP contribution in [0.2, 0.25) is 0 Å². The lowest BCUT2D eigenvalue weighted by Crippen LogP contribution is -2.17. The molecule has 3 aliphatic carbocycles. The molecule has 0 saturated heterocycles. The van der Waals surface area contributed by atoms with Gasteiger partial charge in [-0.25, -0.2) is 0 Å². The topological polar surface area (TPSA) is 37.3 Å². The fraction of sp³-hybridized carbons (Fsp3) is 0.318. The molecule has 0 fully saturated rings. The Morgan fingerprint density at radius 2 is 2.00 bits per heavy atom. The first-order valence-corrected chi connectivity index (χ1v) is 8.86. The Kier molecular flexibility index (Phi) is 4.84. The molecule has 0 aromatic heterocycles. The van der Waals surface area contributed by atoms with Gasteiger partial charge < -0.3 is 5.11 Å². The van der Waals surface area contributed by atoms with Crippen molar-refractivity contribution in [1.82, 2.24) is 0 Å². The van der Waals surface area contributed by atoms with Crippen molar-refractivity contribution in [3.63, 3.8) is 0 Å². The monoisotopic (exact) mass is 320 g/mol. The van der Waals surface area contributed by atoms with Crippen LogP contribution in [0.5, 0.6) is 0 Å². The van der Waals surface area contributed by atoms with E-state index in [2.05, 4.69) is 48.6 Å². The number of carboxylic acids is 1. The summed E-state index contributed by atoms with van der Waals surface area (Å²) in [6.45, 7) is 4.00. The maximum Gasteiger partial charge on any atom is 0.303 e. The van der Waals surface area contributed by atoms with Crippen molar-refractivity contribution >= 4 is 12.0 Å². The van der Waals surface area contributed by atoms with Crippen molar-refractivity contribution in [2.75, 3.05) is 0 Å². The summed E-state index contributed by atoms with van der Waals surface area (Å²) < 4.78 is 0. The number of carboxylic acid groups (broad SMARTS) is 1. The van der Waals surface area contributed by atoms with E-state index in [0.29, 0.717) is 12.3 Å². The van der Waals surface area contributed by atoms with Gasteiger partial charge in [0.1, 0.15) is 0 Å². The molecular weight excluding hydrogens is 296 g/mol. The van der Waals surface area contributed by atoms with Gasteiger partial charge in [0, 0.05) is 12.3 Å². The molecule has 4 rings (SSSR count). The minimum absolute atomic E-state index is 0.243. The summed E-state index contributed by atoms with van der Waals surface area (Å²) in [4.78, 5) is 10.7. The lowest BCUT2D eigenvalue weighted by atomic mass is 9.70. The number of rotatable bonds is 4. The van der Waals surface area contributed by atoms with Gasteiger partial charge in [0.2, 0.25) is 0 Å². The largest absolute Gasteiger partial charge is 0.481 e. The van der Waals surface area contributed by atoms with Gasteiger partial charge in [0.15, 0.2) is 0 Å². The van der Waals surface area contributed by atoms with Crippen LogP contribution in [0.15, 0.2) is 53.7 Å². The number of allylic oxidation sites excluding steroid dienone is 7. The standard InChI is InChI=1S/C20H18O2.C2H6/c21-18(22)6-1-3-13-11-16-9-7-14-4-2-5-15-8-10-17(12-13)20(16)19(14)15;1-2/h2,4-5,7-9,11-12,19H,1,3,6,10H2,(H,21,22);1-2H3. The highest BCUT2D eigenvalue weighted by molar-refractivity contribution is 5.72. The van der Waals surface area contributed by atoms with Crippen LogP contribution in [-0.2, 0) is 17.6 Å². The van der Waals surface area contributed by atoms with Gasteiger partial charge in [-0.05, 0) is 52.7 Å². The van der Waals surface area contributed by atoms with E-state index in [4.69, 9.17) is 5.11 Å². The molecule has 1 atom stereocenters. The van der Waals surface area contributed by atoms with Crippen molar-refractivity contribution in [3.05, 3.63) is 75.9 Å². The van der Waals surface area contributed by atoms with Crippen LogP contribution >= 0.6 is 0 Å². The molecule has 1 unspecified atom stereocenters. The zero-order valence-corrected chi connectivity index (χ0v) is 14.4. The highest BCUT2D eigenvalue weighted by Gasteiger charge is 2.30. The second-order valence-corrected chi connectivity index (χ2v) is 6.21. The summed E-state index contributed by atoms with van der Waals surface area (Å²) in [5, 5.41) is 8.79. The Morgan fingerprint density at radius 1 is 1.17 bits per heavy atom. The van der Waals surface area contributed by atoms with Gasteiger partial charge in [0.25, 0.3) is 0 Å². The fourth-order valence-corrected chi connectivity index (χ4v) is 3.79. The predicted molar refractivity (Wildman–Crippen MR) is 99.1 cm³/mol. The smallest absolute Gasteiger partial charge is 0.303 e.